The number of para-hydroxylation sites is 1. The van der Waals surface area contributed by atoms with E-state index in [9.17, 15) is 9.59 Å². The number of hydrogen-bond donors (Lipinski definition) is 2. The van der Waals surface area contributed by atoms with Gasteiger partial charge < -0.3 is 19.8 Å². The quantitative estimate of drug-likeness (QED) is 0.250. The third kappa shape index (κ3) is 7.03. The van der Waals surface area contributed by atoms with Gasteiger partial charge in [-0.05, 0) is 36.5 Å². The van der Waals surface area contributed by atoms with Gasteiger partial charge in [0.05, 0.1) is 6.61 Å². The van der Waals surface area contributed by atoms with Crippen LogP contribution in [-0.2, 0) is 27.3 Å². The van der Waals surface area contributed by atoms with E-state index in [4.69, 9.17) is 21.1 Å². The highest BCUT2D eigenvalue weighted by Crippen LogP contribution is 2.19. The zero-order valence-corrected chi connectivity index (χ0v) is 18.1. The fraction of sp³-hybridized carbons (Fsp3) is 0.333. The summed E-state index contributed by atoms with van der Waals surface area (Å²) in [5, 5.41) is 3.67. The van der Waals surface area contributed by atoms with Gasteiger partial charge in [-0.2, -0.15) is 0 Å². The summed E-state index contributed by atoms with van der Waals surface area (Å²) in [6.07, 6.45) is 4.00. The molecule has 1 amide bonds. The molecule has 0 bridgehead atoms. The molecule has 1 atom stereocenters. The summed E-state index contributed by atoms with van der Waals surface area (Å²) in [6.45, 7) is 0.417. The van der Waals surface area contributed by atoms with Crippen molar-refractivity contribution in [2.45, 2.75) is 38.3 Å². The molecule has 7 heteroatoms. The predicted octanol–water partition coefficient (Wildman–Crippen LogP) is 4.96. The van der Waals surface area contributed by atoms with Crippen LogP contribution in [0.2, 0.25) is 0 Å². The van der Waals surface area contributed by atoms with E-state index in [0.29, 0.717) is 12.3 Å². The van der Waals surface area contributed by atoms with E-state index < -0.39 is 18.1 Å². The Bertz CT molecular complexity index is 974. The fourth-order valence-electron chi connectivity index (χ4n) is 3.27. The van der Waals surface area contributed by atoms with Crippen LogP contribution in [0.3, 0.4) is 0 Å². The molecule has 2 N–H and O–H groups in total. The molecule has 164 valence electrons. The molecule has 1 heterocycles. The van der Waals surface area contributed by atoms with Crippen molar-refractivity contribution in [2.24, 2.45) is 0 Å². The molecule has 1 aromatic heterocycles. The summed E-state index contributed by atoms with van der Waals surface area (Å²) in [5.74, 6) is 0.0832. The molecule has 31 heavy (non-hydrogen) atoms. The molecule has 0 radical (unpaired) electrons. The maximum Gasteiger partial charge on any atom is 0.407 e. The maximum atomic E-state index is 12.8. The van der Waals surface area contributed by atoms with Crippen LogP contribution in [0.15, 0.2) is 60.8 Å². The minimum absolute atomic E-state index is 0.138. The Kier molecular flexibility index (Phi) is 8.79. The number of nitrogens with one attached hydrogen (secondary N) is 2. The van der Waals surface area contributed by atoms with Gasteiger partial charge in [-0.1, -0.05) is 48.5 Å². The number of amides is 1. The number of aromatic amines is 1. The highest BCUT2D eigenvalue weighted by Gasteiger charge is 2.25. The third-order valence-electron chi connectivity index (χ3n) is 4.91. The molecular weight excluding hydrogens is 416 g/mol. The number of esters is 1. The summed E-state index contributed by atoms with van der Waals surface area (Å²) in [7, 11) is 0. The van der Waals surface area contributed by atoms with Crippen molar-refractivity contribution >= 4 is 34.6 Å². The number of H-pyrrole nitrogens is 1. The number of hydrogen-bond acceptors (Lipinski definition) is 4. The lowest BCUT2D eigenvalue weighted by molar-refractivity contribution is -0.147. The monoisotopic (exact) mass is 442 g/mol. The van der Waals surface area contributed by atoms with E-state index in [1.54, 1.807) is 0 Å². The number of carbonyl (C=O) groups is 2. The lowest BCUT2D eigenvalue weighted by Crippen LogP contribution is -2.43. The average Bonchev–Trinajstić information content (AvgIpc) is 3.20. The number of ether oxygens (including phenoxy) is 2. The standard InChI is InChI=1S/C24H27ClN2O4/c25-13-7-2-8-14-30-24(29)27-22(23(28)31-17-18-9-3-1-4-10-18)15-19-16-26-21-12-6-5-11-20(19)21/h1,3-6,9-12,16,22,26H,2,7-8,13-15,17H2,(H,27,29). The van der Waals surface area contributed by atoms with E-state index in [1.807, 2.05) is 60.8 Å². The summed E-state index contributed by atoms with van der Waals surface area (Å²) >= 11 is 5.66. The highest BCUT2D eigenvalue weighted by atomic mass is 35.5. The van der Waals surface area contributed by atoms with Crippen LogP contribution in [0.25, 0.3) is 10.9 Å². The summed E-state index contributed by atoms with van der Waals surface area (Å²) < 4.78 is 10.7. The van der Waals surface area contributed by atoms with Gasteiger partial charge in [0.1, 0.15) is 12.6 Å². The molecule has 3 rings (SSSR count). The van der Waals surface area contributed by atoms with Gasteiger partial charge in [-0.25, -0.2) is 9.59 Å². The number of alkyl carbamates (subject to hydrolysis) is 1. The van der Waals surface area contributed by atoms with E-state index >= 15 is 0 Å². The number of carbonyl (C=O) groups excluding carboxylic acids is 2. The first-order valence-corrected chi connectivity index (χ1v) is 11.0. The van der Waals surface area contributed by atoms with Gasteiger partial charge in [0.25, 0.3) is 0 Å². The Morgan fingerprint density at radius 3 is 2.55 bits per heavy atom. The number of aromatic nitrogens is 1. The van der Waals surface area contributed by atoms with Crippen molar-refractivity contribution in [2.75, 3.05) is 12.5 Å². The van der Waals surface area contributed by atoms with Crippen LogP contribution in [0.4, 0.5) is 4.79 Å². The number of rotatable bonds is 11. The van der Waals surface area contributed by atoms with Crippen LogP contribution in [0, 0.1) is 0 Å². The number of halogens is 1. The third-order valence-corrected chi connectivity index (χ3v) is 5.18. The normalized spacial score (nSPS) is 11.8. The van der Waals surface area contributed by atoms with Crippen LogP contribution in [0.5, 0.6) is 0 Å². The average molecular weight is 443 g/mol. The van der Waals surface area contributed by atoms with Gasteiger partial charge >= 0.3 is 12.1 Å². The summed E-state index contributed by atoms with van der Waals surface area (Å²) in [5.41, 5.74) is 2.76. The van der Waals surface area contributed by atoms with Crippen LogP contribution in [-0.4, -0.2) is 35.6 Å². The van der Waals surface area contributed by atoms with Crippen LogP contribution < -0.4 is 5.32 Å². The summed E-state index contributed by atoms with van der Waals surface area (Å²) in [4.78, 5) is 28.3. The lowest BCUT2D eigenvalue weighted by Gasteiger charge is -2.17. The molecule has 1 unspecified atom stereocenters. The molecule has 0 aliphatic heterocycles. The first kappa shape index (κ1) is 22.7. The number of alkyl halides is 1. The number of unbranched alkanes of at least 4 members (excludes halogenated alkanes) is 2. The second-order valence-electron chi connectivity index (χ2n) is 7.24. The second kappa shape index (κ2) is 12.0. The van der Waals surface area contributed by atoms with E-state index in [2.05, 4.69) is 10.3 Å². The topological polar surface area (TPSA) is 80.4 Å². The maximum absolute atomic E-state index is 12.8. The Hall–Kier alpha value is -2.99. The Morgan fingerprint density at radius 2 is 1.74 bits per heavy atom. The Morgan fingerprint density at radius 1 is 0.968 bits per heavy atom. The number of benzene rings is 2. The van der Waals surface area contributed by atoms with Crippen molar-refractivity contribution in [1.82, 2.24) is 10.3 Å². The zero-order chi connectivity index (χ0) is 21.9. The Balaban J connectivity index is 1.64. The van der Waals surface area contributed by atoms with Gasteiger partial charge in [0.15, 0.2) is 0 Å². The van der Waals surface area contributed by atoms with Gasteiger partial charge in [0.2, 0.25) is 0 Å². The fourth-order valence-corrected chi connectivity index (χ4v) is 3.45. The molecule has 3 aromatic rings. The first-order chi connectivity index (χ1) is 15.2. The van der Waals surface area contributed by atoms with Crippen LogP contribution in [0.1, 0.15) is 30.4 Å². The van der Waals surface area contributed by atoms with E-state index in [1.165, 1.54) is 0 Å². The SMILES string of the molecule is O=C(NC(Cc1c[nH]c2ccccc12)C(=O)OCc1ccccc1)OCCCCCCl. The van der Waals surface area contributed by atoms with Crippen molar-refractivity contribution in [3.8, 4) is 0 Å². The van der Waals surface area contributed by atoms with E-state index in [0.717, 1.165) is 41.3 Å². The molecule has 2 aromatic carbocycles. The van der Waals surface area contributed by atoms with Gasteiger partial charge in [-0.15, -0.1) is 11.6 Å². The summed E-state index contributed by atoms with van der Waals surface area (Å²) in [6, 6.07) is 16.4. The van der Waals surface area contributed by atoms with E-state index in [-0.39, 0.29) is 13.2 Å². The predicted molar refractivity (Wildman–Crippen MR) is 121 cm³/mol. The minimum Gasteiger partial charge on any atom is -0.459 e. The molecule has 0 aliphatic rings. The molecule has 0 aliphatic carbocycles. The molecule has 6 nitrogen and oxygen atoms in total. The van der Waals surface area contributed by atoms with Gasteiger partial charge in [-0.3, -0.25) is 0 Å². The Labute approximate surface area is 186 Å². The smallest absolute Gasteiger partial charge is 0.407 e. The van der Waals surface area contributed by atoms with Gasteiger partial charge in [0, 0.05) is 29.4 Å². The molecule has 0 saturated heterocycles. The van der Waals surface area contributed by atoms with Crippen LogP contribution >= 0.6 is 11.6 Å². The van der Waals surface area contributed by atoms with Crippen molar-refractivity contribution in [3.05, 3.63) is 71.9 Å². The minimum atomic E-state index is -0.863. The molecule has 0 spiro atoms. The van der Waals surface area contributed by atoms with Crippen molar-refractivity contribution in [3.63, 3.8) is 0 Å². The van der Waals surface area contributed by atoms with Crippen molar-refractivity contribution < 1.29 is 19.1 Å². The van der Waals surface area contributed by atoms with Crippen molar-refractivity contribution in [1.29, 1.82) is 0 Å². The lowest BCUT2D eigenvalue weighted by atomic mass is 10.1. The number of fused-ring (bicyclic) bond motifs is 1. The molecule has 0 fully saturated rings. The zero-order valence-electron chi connectivity index (χ0n) is 17.3. The molecular formula is C24H27ClN2O4. The molecule has 0 saturated carbocycles. The highest BCUT2D eigenvalue weighted by molar-refractivity contribution is 6.17. The second-order valence-corrected chi connectivity index (χ2v) is 7.62. The first-order valence-electron chi connectivity index (χ1n) is 10.4. The largest absolute Gasteiger partial charge is 0.459 e.